The van der Waals surface area contributed by atoms with E-state index < -0.39 is 17.7 Å². The van der Waals surface area contributed by atoms with Gasteiger partial charge < -0.3 is 14.7 Å². The molecular weight excluding hydrogens is 474 g/mol. The zero-order valence-corrected chi connectivity index (χ0v) is 24.1. The van der Waals surface area contributed by atoms with Gasteiger partial charge in [-0.2, -0.15) is 0 Å². The summed E-state index contributed by atoms with van der Waals surface area (Å²) in [7, 11) is 1.80. The third-order valence-corrected chi connectivity index (χ3v) is 7.71. The highest BCUT2D eigenvalue weighted by molar-refractivity contribution is 6.04. The average molecular weight is 514 g/mol. The molecule has 3 aromatic rings. The Hall–Kier alpha value is -3.44. The number of nitrogens with zero attached hydrogens (tertiary/aromatic N) is 1. The van der Waals surface area contributed by atoms with Crippen LogP contribution in [0.2, 0.25) is 0 Å². The van der Waals surface area contributed by atoms with Crippen molar-refractivity contribution in [1.29, 1.82) is 0 Å². The summed E-state index contributed by atoms with van der Waals surface area (Å²) in [6.45, 7) is 16.0. The number of carboxylic acids is 1. The molecule has 5 heteroatoms. The van der Waals surface area contributed by atoms with Gasteiger partial charge in [-0.15, -0.1) is 0 Å². The number of benzene rings is 3. The Kier molecular flexibility index (Phi) is 7.28. The normalized spacial score (nSPS) is 14.4. The first-order valence-corrected chi connectivity index (χ1v) is 13.2. The van der Waals surface area contributed by atoms with Crippen LogP contribution in [0.5, 0.6) is 0 Å². The lowest BCUT2D eigenvalue weighted by atomic mass is 9.78. The van der Waals surface area contributed by atoms with Gasteiger partial charge in [-0.05, 0) is 112 Å². The van der Waals surface area contributed by atoms with Crippen molar-refractivity contribution in [2.45, 2.75) is 79.9 Å². The molecule has 0 fully saturated rings. The van der Waals surface area contributed by atoms with Crippen LogP contribution in [0.3, 0.4) is 0 Å². The minimum atomic E-state index is -1.19. The largest absolute Gasteiger partial charge is 0.479 e. The Balaban J connectivity index is 2.21. The highest BCUT2D eigenvalue weighted by atomic mass is 16.5. The van der Waals surface area contributed by atoms with Crippen LogP contribution in [0.4, 0.5) is 5.69 Å². The monoisotopic (exact) mass is 513 g/mol. The fourth-order valence-corrected chi connectivity index (χ4v) is 5.48. The number of amides is 1. The predicted molar refractivity (Wildman–Crippen MR) is 154 cm³/mol. The van der Waals surface area contributed by atoms with Crippen LogP contribution >= 0.6 is 0 Å². The van der Waals surface area contributed by atoms with Gasteiger partial charge in [0, 0.05) is 24.6 Å². The highest BCUT2D eigenvalue weighted by Gasteiger charge is 2.38. The molecule has 5 nitrogen and oxygen atoms in total. The van der Waals surface area contributed by atoms with Crippen LogP contribution in [0.25, 0.3) is 22.3 Å². The Morgan fingerprint density at radius 3 is 1.87 bits per heavy atom. The van der Waals surface area contributed by atoms with Gasteiger partial charge in [0.2, 0.25) is 5.91 Å². The molecule has 1 aliphatic heterocycles. The Labute approximate surface area is 226 Å². The van der Waals surface area contributed by atoms with Gasteiger partial charge in [-0.25, -0.2) is 4.79 Å². The smallest absolute Gasteiger partial charge is 0.337 e. The van der Waals surface area contributed by atoms with Gasteiger partial charge in [0.25, 0.3) is 0 Å². The number of aliphatic carboxylic acids is 1. The maximum atomic E-state index is 13.0. The predicted octanol–water partition coefficient (Wildman–Crippen LogP) is 7.41. The molecule has 1 heterocycles. The van der Waals surface area contributed by atoms with Crippen molar-refractivity contribution >= 4 is 17.6 Å². The summed E-state index contributed by atoms with van der Waals surface area (Å²) in [4.78, 5) is 27.6. The van der Waals surface area contributed by atoms with Crippen molar-refractivity contribution < 1.29 is 19.4 Å². The van der Waals surface area contributed by atoms with Gasteiger partial charge in [-0.3, -0.25) is 4.79 Å². The molecule has 0 radical (unpaired) electrons. The number of carboxylic acid groups (broad SMARTS) is 1. The maximum Gasteiger partial charge on any atom is 0.337 e. The standard InChI is InChI=1S/C33H39NO4/c1-18-10-12-23(16-20(18)3)27-22(5)28(24-13-11-19(2)21(4)17-24)30-25(14-15-26(35)34(30)9)29(27)31(32(36)37)38-33(6,7)8/h10-13,16-17,31H,14-15H2,1-9H3,(H,36,37)/t31-/m1/s1. The van der Waals surface area contributed by atoms with Crippen LogP contribution in [-0.2, 0) is 20.7 Å². The third kappa shape index (κ3) is 5.00. The molecule has 0 aromatic heterocycles. The zero-order valence-electron chi connectivity index (χ0n) is 24.1. The van der Waals surface area contributed by atoms with Gasteiger partial charge in [0.05, 0.1) is 11.3 Å². The van der Waals surface area contributed by atoms with Gasteiger partial charge in [-0.1, -0.05) is 36.4 Å². The van der Waals surface area contributed by atoms with Crippen LogP contribution in [0.1, 0.15) is 72.2 Å². The summed E-state index contributed by atoms with van der Waals surface area (Å²) in [6.07, 6.45) is -0.407. The van der Waals surface area contributed by atoms with E-state index in [1.807, 2.05) is 27.7 Å². The highest BCUT2D eigenvalue weighted by Crippen LogP contribution is 2.50. The van der Waals surface area contributed by atoms with Crippen molar-refractivity contribution in [3.63, 3.8) is 0 Å². The molecule has 0 saturated carbocycles. The summed E-state index contributed by atoms with van der Waals surface area (Å²) in [5, 5.41) is 10.5. The number of hydrogen-bond acceptors (Lipinski definition) is 3. The molecule has 0 saturated heterocycles. The molecule has 1 amide bonds. The first kappa shape index (κ1) is 27.6. The number of anilines is 1. The summed E-state index contributed by atoms with van der Waals surface area (Å²) in [5.41, 5.74) is 11.0. The topological polar surface area (TPSA) is 66.8 Å². The van der Waals surface area contributed by atoms with E-state index in [2.05, 4.69) is 64.1 Å². The lowest BCUT2D eigenvalue weighted by Crippen LogP contribution is -2.35. The maximum absolute atomic E-state index is 13.0. The van der Waals surface area contributed by atoms with E-state index in [4.69, 9.17) is 4.74 Å². The molecule has 1 atom stereocenters. The molecule has 0 aliphatic carbocycles. The van der Waals surface area contributed by atoms with Crippen molar-refractivity contribution in [3.8, 4) is 22.3 Å². The van der Waals surface area contributed by atoms with Gasteiger partial charge >= 0.3 is 5.97 Å². The van der Waals surface area contributed by atoms with Crippen molar-refractivity contribution in [2.24, 2.45) is 0 Å². The molecule has 38 heavy (non-hydrogen) atoms. The molecule has 200 valence electrons. The minimum absolute atomic E-state index is 0.0236. The Bertz CT molecular complexity index is 1440. The fourth-order valence-electron chi connectivity index (χ4n) is 5.48. The number of carbonyl (C=O) groups excluding carboxylic acids is 1. The quantitative estimate of drug-likeness (QED) is 0.386. The fraction of sp³-hybridized carbons (Fsp3) is 0.394. The van der Waals surface area contributed by atoms with E-state index in [0.29, 0.717) is 18.4 Å². The third-order valence-electron chi connectivity index (χ3n) is 7.71. The first-order chi connectivity index (χ1) is 17.7. The lowest BCUT2D eigenvalue weighted by molar-refractivity contribution is -0.160. The molecule has 1 N–H and O–H groups in total. The van der Waals surface area contributed by atoms with E-state index in [9.17, 15) is 14.7 Å². The Morgan fingerprint density at radius 2 is 1.39 bits per heavy atom. The summed E-state index contributed by atoms with van der Waals surface area (Å²) >= 11 is 0. The number of rotatable bonds is 5. The zero-order chi connectivity index (χ0) is 28.1. The lowest BCUT2D eigenvalue weighted by Gasteiger charge is -2.36. The van der Waals surface area contributed by atoms with Gasteiger partial charge in [0.15, 0.2) is 6.10 Å². The number of ether oxygens (including phenoxy) is 1. The first-order valence-electron chi connectivity index (χ1n) is 13.2. The number of fused-ring (bicyclic) bond motifs is 1. The van der Waals surface area contributed by atoms with E-state index in [0.717, 1.165) is 50.2 Å². The summed E-state index contributed by atoms with van der Waals surface area (Å²) < 4.78 is 6.26. The van der Waals surface area contributed by atoms with Crippen LogP contribution in [0, 0.1) is 34.6 Å². The molecule has 0 unspecified atom stereocenters. The molecule has 3 aromatic carbocycles. The molecule has 4 rings (SSSR count). The van der Waals surface area contributed by atoms with Crippen LogP contribution in [-0.4, -0.2) is 29.6 Å². The van der Waals surface area contributed by atoms with Crippen molar-refractivity contribution in [1.82, 2.24) is 0 Å². The second-order valence-corrected chi connectivity index (χ2v) is 11.6. The number of carbonyl (C=O) groups is 2. The van der Waals surface area contributed by atoms with E-state index in [-0.39, 0.29) is 5.91 Å². The van der Waals surface area contributed by atoms with E-state index in [1.165, 1.54) is 11.1 Å². The number of hydrogen-bond donors (Lipinski definition) is 1. The second-order valence-electron chi connectivity index (χ2n) is 11.6. The average Bonchev–Trinajstić information content (AvgIpc) is 2.82. The minimum Gasteiger partial charge on any atom is -0.479 e. The SMILES string of the molecule is Cc1ccc(-c2c(C)c(-c3ccc(C)c(C)c3)c3c(c2[C@@H](OC(C)(C)C)C(=O)O)CCC(=O)N3C)cc1C. The van der Waals surface area contributed by atoms with Crippen LogP contribution in [0.15, 0.2) is 36.4 Å². The Morgan fingerprint density at radius 1 is 0.868 bits per heavy atom. The van der Waals surface area contributed by atoms with E-state index >= 15 is 0 Å². The molecule has 0 spiro atoms. The molecular formula is C33H39NO4. The van der Waals surface area contributed by atoms with E-state index in [1.54, 1.807) is 11.9 Å². The second kappa shape index (κ2) is 10.0. The van der Waals surface area contributed by atoms with Gasteiger partial charge in [0.1, 0.15) is 0 Å². The van der Waals surface area contributed by atoms with Crippen LogP contribution < -0.4 is 4.90 Å². The van der Waals surface area contributed by atoms with Crippen molar-refractivity contribution in [2.75, 3.05) is 11.9 Å². The molecule has 1 aliphatic rings. The number of aryl methyl sites for hydroxylation is 4. The molecule has 0 bridgehead atoms. The van der Waals surface area contributed by atoms with Crippen molar-refractivity contribution in [3.05, 3.63) is 75.3 Å². The summed E-state index contributed by atoms with van der Waals surface area (Å²) in [6, 6.07) is 12.6. The summed E-state index contributed by atoms with van der Waals surface area (Å²) in [5.74, 6) is -1.01.